The number of ether oxygens (including phenoxy) is 1. The standard InChI is InChI=1S/C20H20FN3O2/c1-11-14-10-22-18(23-20(25)13-8-15(13)21)9-16(14)24(2)19(11)12-6-4-5-7-17(12)26-3/h4-7,9-10,13,15H,8H2,1-3H3,(H,22,23,25)/t13-,15+/m1/s1. The van der Waals surface area contributed by atoms with E-state index in [0.717, 1.165) is 33.5 Å². The summed E-state index contributed by atoms with van der Waals surface area (Å²) in [6, 6.07) is 9.69. The lowest BCUT2D eigenvalue weighted by molar-refractivity contribution is -0.117. The highest BCUT2D eigenvalue weighted by molar-refractivity contribution is 5.97. The predicted molar refractivity (Wildman–Crippen MR) is 99.1 cm³/mol. The molecule has 1 N–H and O–H groups in total. The van der Waals surface area contributed by atoms with Crippen LogP contribution >= 0.6 is 0 Å². The molecule has 1 amide bonds. The molecule has 3 aromatic rings. The predicted octanol–water partition coefficient (Wildman–Crippen LogP) is 3.85. The molecule has 2 aromatic heterocycles. The van der Waals surface area contributed by atoms with Crippen molar-refractivity contribution >= 4 is 22.6 Å². The summed E-state index contributed by atoms with van der Waals surface area (Å²) in [5, 5.41) is 3.72. The van der Waals surface area contributed by atoms with Crippen LogP contribution in [0.25, 0.3) is 22.2 Å². The first kappa shape index (κ1) is 16.6. The number of amides is 1. The number of hydrogen-bond acceptors (Lipinski definition) is 3. The summed E-state index contributed by atoms with van der Waals surface area (Å²) in [5.41, 5.74) is 4.06. The number of carbonyl (C=O) groups excluding carboxylic acids is 1. The van der Waals surface area contributed by atoms with Gasteiger partial charge in [-0.2, -0.15) is 0 Å². The molecule has 1 saturated carbocycles. The Morgan fingerprint density at radius 1 is 1.38 bits per heavy atom. The number of alkyl halides is 1. The minimum Gasteiger partial charge on any atom is -0.496 e. The molecule has 0 bridgehead atoms. The Kier molecular flexibility index (Phi) is 3.90. The number of halogens is 1. The van der Waals surface area contributed by atoms with Gasteiger partial charge in [-0.1, -0.05) is 12.1 Å². The monoisotopic (exact) mass is 353 g/mol. The van der Waals surface area contributed by atoms with Gasteiger partial charge in [-0.3, -0.25) is 4.79 Å². The molecule has 1 aliphatic carbocycles. The summed E-state index contributed by atoms with van der Waals surface area (Å²) in [4.78, 5) is 16.3. The van der Waals surface area contributed by atoms with Gasteiger partial charge in [0.05, 0.1) is 24.2 Å². The van der Waals surface area contributed by atoms with E-state index in [9.17, 15) is 9.18 Å². The van der Waals surface area contributed by atoms with Crippen LogP contribution in [-0.4, -0.2) is 28.7 Å². The van der Waals surface area contributed by atoms with E-state index in [-0.39, 0.29) is 5.91 Å². The Bertz CT molecular complexity index is 1010. The molecule has 2 atom stereocenters. The van der Waals surface area contributed by atoms with Crippen molar-refractivity contribution in [3.63, 3.8) is 0 Å². The third-order valence-corrected chi connectivity index (χ3v) is 5.00. The topological polar surface area (TPSA) is 56.1 Å². The molecule has 0 unspecified atom stereocenters. The molecule has 4 rings (SSSR count). The minimum atomic E-state index is -1.02. The van der Waals surface area contributed by atoms with E-state index in [1.165, 1.54) is 0 Å². The van der Waals surface area contributed by atoms with Gasteiger partial charge in [0, 0.05) is 30.3 Å². The van der Waals surface area contributed by atoms with Crippen molar-refractivity contribution in [1.82, 2.24) is 9.55 Å². The number of para-hydroxylation sites is 1. The largest absolute Gasteiger partial charge is 0.496 e. The molecule has 1 aliphatic rings. The Morgan fingerprint density at radius 3 is 2.81 bits per heavy atom. The fourth-order valence-corrected chi connectivity index (χ4v) is 3.46. The van der Waals surface area contributed by atoms with Crippen LogP contribution in [0.4, 0.5) is 10.2 Å². The van der Waals surface area contributed by atoms with Crippen LogP contribution in [0.5, 0.6) is 5.75 Å². The number of fused-ring (bicyclic) bond motifs is 1. The molecule has 0 radical (unpaired) electrons. The zero-order chi connectivity index (χ0) is 18.4. The van der Waals surface area contributed by atoms with E-state index < -0.39 is 12.1 Å². The van der Waals surface area contributed by atoms with Crippen LogP contribution in [0.15, 0.2) is 36.5 Å². The Labute approximate surface area is 150 Å². The number of aromatic nitrogens is 2. The number of carbonyl (C=O) groups is 1. The summed E-state index contributed by atoms with van der Waals surface area (Å²) in [5.74, 6) is 0.395. The number of hydrogen-bond donors (Lipinski definition) is 1. The number of aryl methyl sites for hydroxylation is 2. The number of methoxy groups -OCH3 is 1. The van der Waals surface area contributed by atoms with E-state index in [0.29, 0.717) is 12.2 Å². The fraction of sp³-hybridized carbons (Fsp3) is 0.300. The lowest BCUT2D eigenvalue weighted by Crippen LogP contribution is -2.15. The van der Waals surface area contributed by atoms with Gasteiger partial charge in [0.25, 0.3) is 0 Å². The van der Waals surface area contributed by atoms with Crippen LogP contribution in [0.1, 0.15) is 12.0 Å². The Balaban J connectivity index is 1.77. The second kappa shape index (κ2) is 6.12. The lowest BCUT2D eigenvalue weighted by atomic mass is 10.1. The van der Waals surface area contributed by atoms with Gasteiger partial charge in [0.15, 0.2) is 0 Å². The number of nitrogens with one attached hydrogen (secondary N) is 1. The van der Waals surface area contributed by atoms with Crippen molar-refractivity contribution in [2.45, 2.75) is 19.5 Å². The second-order valence-corrected chi connectivity index (χ2v) is 6.67. The van der Waals surface area contributed by atoms with Crippen LogP contribution in [-0.2, 0) is 11.8 Å². The lowest BCUT2D eigenvalue weighted by Gasteiger charge is -2.11. The van der Waals surface area contributed by atoms with E-state index in [1.54, 1.807) is 13.3 Å². The minimum absolute atomic E-state index is 0.301. The van der Waals surface area contributed by atoms with Crippen molar-refractivity contribution in [3.05, 3.63) is 42.1 Å². The van der Waals surface area contributed by atoms with Crippen LogP contribution in [0, 0.1) is 12.8 Å². The Morgan fingerprint density at radius 2 is 2.12 bits per heavy atom. The number of rotatable bonds is 4. The highest BCUT2D eigenvalue weighted by Gasteiger charge is 2.43. The summed E-state index contributed by atoms with van der Waals surface area (Å²) in [6.07, 6.45) is 1.03. The smallest absolute Gasteiger partial charge is 0.231 e. The maximum absolute atomic E-state index is 13.1. The fourth-order valence-electron chi connectivity index (χ4n) is 3.46. The molecule has 26 heavy (non-hydrogen) atoms. The van der Waals surface area contributed by atoms with Crippen molar-refractivity contribution in [2.75, 3.05) is 12.4 Å². The van der Waals surface area contributed by atoms with Gasteiger partial charge in [-0.05, 0) is 31.0 Å². The zero-order valence-corrected chi connectivity index (χ0v) is 14.9. The van der Waals surface area contributed by atoms with Crippen molar-refractivity contribution in [2.24, 2.45) is 13.0 Å². The maximum Gasteiger partial charge on any atom is 0.231 e. The first-order chi connectivity index (χ1) is 12.5. The summed E-state index contributed by atoms with van der Waals surface area (Å²) >= 11 is 0. The normalized spacial score (nSPS) is 18.8. The average molecular weight is 353 g/mol. The Hall–Kier alpha value is -2.89. The highest BCUT2D eigenvalue weighted by Crippen LogP contribution is 2.38. The number of nitrogens with zero attached hydrogens (tertiary/aromatic N) is 2. The highest BCUT2D eigenvalue weighted by atomic mass is 19.1. The maximum atomic E-state index is 13.1. The van der Waals surface area contributed by atoms with Gasteiger partial charge < -0.3 is 14.6 Å². The molecule has 1 fully saturated rings. The number of benzene rings is 1. The quantitative estimate of drug-likeness (QED) is 0.775. The average Bonchev–Trinajstić information content (AvgIpc) is 3.33. The van der Waals surface area contributed by atoms with Gasteiger partial charge in [0.2, 0.25) is 5.91 Å². The summed E-state index contributed by atoms with van der Waals surface area (Å²) in [6.45, 7) is 2.04. The zero-order valence-electron chi connectivity index (χ0n) is 14.9. The van der Waals surface area contributed by atoms with Crippen LogP contribution < -0.4 is 10.1 Å². The molecular weight excluding hydrogens is 333 g/mol. The SMILES string of the molecule is COc1ccccc1-c1c(C)c2cnc(NC(=O)[C@@H]3C[C@@H]3F)cc2n1C. The molecule has 5 nitrogen and oxygen atoms in total. The van der Waals surface area contributed by atoms with Gasteiger partial charge >= 0.3 is 0 Å². The molecule has 0 saturated heterocycles. The van der Waals surface area contributed by atoms with E-state index in [4.69, 9.17) is 4.74 Å². The van der Waals surface area contributed by atoms with Gasteiger partial charge in [-0.25, -0.2) is 9.37 Å². The summed E-state index contributed by atoms with van der Waals surface area (Å²) in [7, 11) is 3.63. The van der Waals surface area contributed by atoms with Crippen LogP contribution in [0.3, 0.4) is 0 Å². The first-order valence-corrected chi connectivity index (χ1v) is 8.54. The van der Waals surface area contributed by atoms with Gasteiger partial charge in [-0.15, -0.1) is 0 Å². The van der Waals surface area contributed by atoms with Crippen molar-refractivity contribution in [1.29, 1.82) is 0 Å². The van der Waals surface area contributed by atoms with Crippen molar-refractivity contribution in [3.8, 4) is 17.0 Å². The number of anilines is 1. The van der Waals surface area contributed by atoms with E-state index >= 15 is 0 Å². The van der Waals surface area contributed by atoms with Crippen molar-refractivity contribution < 1.29 is 13.9 Å². The number of pyridine rings is 1. The van der Waals surface area contributed by atoms with E-state index in [2.05, 4.69) is 14.9 Å². The first-order valence-electron chi connectivity index (χ1n) is 8.54. The molecule has 6 heteroatoms. The van der Waals surface area contributed by atoms with Gasteiger partial charge in [0.1, 0.15) is 17.7 Å². The van der Waals surface area contributed by atoms with Crippen LogP contribution in [0.2, 0.25) is 0 Å². The molecule has 2 heterocycles. The second-order valence-electron chi connectivity index (χ2n) is 6.67. The third-order valence-electron chi connectivity index (χ3n) is 5.00. The summed E-state index contributed by atoms with van der Waals surface area (Å²) < 4.78 is 20.6. The molecule has 0 spiro atoms. The molecule has 0 aliphatic heterocycles. The molecular formula is C20H20FN3O2. The third kappa shape index (κ3) is 2.62. The molecule has 134 valence electrons. The van der Waals surface area contributed by atoms with E-state index in [1.807, 2.05) is 44.3 Å². The molecule has 1 aromatic carbocycles.